The van der Waals surface area contributed by atoms with Crippen LogP contribution in [-0.2, 0) is 0 Å². The lowest BCUT2D eigenvalue weighted by Crippen LogP contribution is -2.13. The highest BCUT2D eigenvalue weighted by Crippen LogP contribution is 2.31. The fourth-order valence-corrected chi connectivity index (χ4v) is 3.54. The molecule has 5 nitrogen and oxygen atoms in total. The summed E-state index contributed by atoms with van der Waals surface area (Å²) in [6, 6.07) is 21.4. The maximum absolute atomic E-state index is 12.7. The first-order chi connectivity index (χ1) is 14.1. The van der Waals surface area contributed by atoms with E-state index in [4.69, 9.17) is 9.15 Å². The molecule has 0 spiro atoms. The molecule has 144 valence electrons. The Hall–Kier alpha value is -3.38. The average molecular weight is 450 g/mol. The maximum atomic E-state index is 12.7. The van der Waals surface area contributed by atoms with Gasteiger partial charge in [0.05, 0.1) is 23.9 Å². The molecule has 0 saturated carbocycles. The van der Waals surface area contributed by atoms with E-state index in [9.17, 15) is 9.59 Å². The van der Waals surface area contributed by atoms with Gasteiger partial charge >= 0.3 is 5.63 Å². The van der Waals surface area contributed by atoms with E-state index < -0.39 is 5.63 Å². The Kier molecular flexibility index (Phi) is 5.18. The second kappa shape index (κ2) is 7.93. The van der Waals surface area contributed by atoms with Gasteiger partial charge in [-0.3, -0.25) is 4.79 Å². The number of carbonyl (C=O) groups excluding carboxylic acids is 1. The van der Waals surface area contributed by atoms with Crippen LogP contribution >= 0.6 is 15.9 Å². The minimum atomic E-state index is -0.447. The first-order valence-electron chi connectivity index (χ1n) is 8.84. The third-order valence-corrected chi connectivity index (χ3v) is 5.21. The van der Waals surface area contributed by atoms with Crippen molar-refractivity contribution in [2.75, 3.05) is 12.4 Å². The third kappa shape index (κ3) is 3.79. The van der Waals surface area contributed by atoms with Gasteiger partial charge in [-0.05, 0) is 57.9 Å². The molecule has 0 unspecified atom stereocenters. The molecule has 6 heteroatoms. The molecule has 0 aliphatic heterocycles. The molecule has 0 bridgehead atoms. The number of fused-ring (bicyclic) bond motifs is 1. The molecule has 0 aliphatic rings. The Labute approximate surface area is 175 Å². The van der Waals surface area contributed by atoms with E-state index in [-0.39, 0.29) is 5.91 Å². The molecular weight excluding hydrogens is 434 g/mol. The van der Waals surface area contributed by atoms with Crippen LogP contribution < -0.4 is 15.7 Å². The van der Waals surface area contributed by atoms with Crippen LogP contribution in [-0.4, -0.2) is 13.0 Å². The number of hydrogen-bond donors (Lipinski definition) is 1. The number of carbonyl (C=O) groups is 1. The average Bonchev–Trinajstić information content (AvgIpc) is 2.73. The molecule has 4 aromatic rings. The molecule has 3 aromatic carbocycles. The SMILES string of the molecule is COc1ccc(-c2cc3ccccc3oc2=O)cc1NC(=O)c1ccccc1Br. The van der Waals surface area contributed by atoms with Gasteiger partial charge in [0, 0.05) is 9.86 Å². The molecule has 0 radical (unpaired) electrons. The van der Waals surface area contributed by atoms with Crippen LogP contribution in [0, 0.1) is 0 Å². The Morgan fingerprint density at radius 2 is 1.76 bits per heavy atom. The first kappa shape index (κ1) is 19.0. The second-order valence-electron chi connectivity index (χ2n) is 6.33. The topological polar surface area (TPSA) is 68.5 Å². The molecular formula is C23H16BrNO4. The minimum Gasteiger partial charge on any atom is -0.495 e. The lowest BCUT2D eigenvalue weighted by molar-refractivity contribution is 0.102. The highest BCUT2D eigenvalue weighted by Gasteiger charge is 2.15. The van der Waals surface area contributed by atoms with Crippen LogP contribution in [0.4, 0.5) is 5.69 Å². The van der Waals surface area contributed by atoms with Gasteiger partial charge in [-0.25, -0.2) is 4.79 Å². The van der Waals surface area contributed by atoms with Crippen molar-refractivity contribution >= 4 is 38.5 Å². The van der Waals surface area contributed by atoms with Crippen LogP contribution in [0.25, 0.3) is 22.1 Å². The molecule has 1 amide bonds. The third-order valence-electron chi connectivity index (χ3n) is 4.52. The predicted octanol–water partition coefficient (Wildman–Crippen LogP) is 5.48. The van der Waals surface area contributed by atoms with Gasteiger partial charge < -0.3 is 14.5 Å². The summed E-state index contributed by atoms with van der Waals surface area (Å²) in [5, 5.41) is 3.68. The molecule has 0 saturated heterocycles. The number of hydrogen-bond acceptors (Lipinski definition) is 4. The van der Waals surface area contributed by atoms with Crippen LogP contribution in [0.3, 0.4) is 0 Å². The highest BCUT2D eigenvalue weighted by molar-refractivity contribution is 9.10. The van der Waals surface area contributed by atoms with E-state index in [0.29, 0.717) is 38.2 Å². The van der Waals surface area contributed by atoms with Crippen LogP contribution in [0.5, 0.6) is 5.75 Å². The van der Waals surface area contributed by atoms with Crippen molar-refractivity contribution in [1.29, 1.82) is 0 Å². The van der Waals surface area contributed by atoms with Gasteiger partial charge in [0.15, 0.2) is 0 Å². The zero-order chi connectivity index (χ0) is 20.4. The van der Waals surface area contributed by atoms with Gasteiger partial charge in [0.1, 0.15) is 11.3 Å². The summed E-state index contributed by atoms with van der Waals surface area (Å²) < 4.78 is 11.5. The number of rotatable bonds is 4. The summed E-state index contributed by atoms with van der Waals surface area (Å²) in [6.07, 6.45) is 0. The number of ether oxygens (including phenoxy) is 1. The zero-order valence-corrected chi connectivity index (χ0v) is 17.0. The zero-order valence-electron chi connectivity index (χ0n) is 15.4. The predicted molar refractivity (Wildman–Crippen MR) is 117 cm³/mol. The molecule has 4 rings (SSSR count). The number of amides is 1. The molecule has 1 heterocycles. The van der Waals surface area contributed by atoms with E-state index in [1.54, 1.807) is 48.5 Å². The van der Waals surface area contributed by atoms with Crippen LogP contribution in [0.2, 0.25) is 0 Å². The van der Waals surface area contributed by atoms with E-state index in [2.05, 4.69) is 21.2 Å². The van der Waals surface area contributed by atoms with E-state index in [0.717, 1.165) is 5.39 Å². The number of halogens is 1. The van der Waals surface area contributed by atoms with Crippen LogP contribution in [0.1, 0.15) is 10.4 Å². The molecule has 0 aliphatic carbocycles. The van der Waals surface area contributed by atoms with Crippen molar-refractivity contribution in [1.82, 2.24) is 0 Å². The minimum absolute atomic E-state index is 0.293. The lowest BCUT2D eigenvalue weighted by atomic mass is 10.0. The summed E-state index contributed by atoms with van der Waals surface area (Å²) in [5.74, 6) is 0.192. The smallest absolute Gasteiger partial charge is 0.344 e. The highest BCUT2D eigenvalue weighted by atomic mass is 79.9. The van der Waals surface area contributed by atoms with Gasteiger partial charge in [0.2, 0.25) is 0 Å². The van der Waals surface area contributed by atoms with E-state index in [1.807, 2.05) is 24.3 Å². The Morgan fingerprint density at radius 3 is 2.55 bits per heavy atom. The molecule has 0 fully saturated rings. The molecule has 0 atom stereocenters. The quantitative estimate of drug-likeness (QED) is 0.418. The van der Waals surface area contributed by atoms with Crippen molar-refractivity contribution in [2.45, 2.75) is 0 Å². The van der Waals surface area contributed by atoms with Crippen molar-refractivity contribution in [3.8, 4) is 16.9 Å². The maximum Gasteiger partial charge on any atom is 0.344 e. The fourth-order valence-electron chi connectivity index (χ4n) is 3.07. The Morgan fingerprint density at radius 1 is 1.00 bits per heavy atom. The van der Waals surface area contributed by atoms with Crippen molar-refractivity contribution in [3.63, 3.8) is 0 Å². The van der Waals surface area contributed by atoms with Gasteiger partial charge in [0.25, 0.3) is 5.91 Å². The normalized spacial score (nSPS) is 10.7. The summed E-state index contributed by atoms with van der Waals surface area (Å²) in [4.78, 5) is 25.2. The first-order valence-corrected chi connectivity index (χ1v) is 9.63. The van der Waals surface area contributed by atoms with Gasteiger partial charge in [-0.15, -0.1) is 0 Å². The van der Waals surface area contributed by atoms with Crippen molar-refractivity contribution in [2.24, 2.45) is 0 Å². The molecule has 29 heavy (non-hydrogen) atoms. The van der Waals surface area contributed by atoms with Gasteiger partial charge in [-0.2, -0.15) is 0 Å². The van der Waals surface area contributed by atoms with Crippen molar-refractivity contribution in [3.05, 3.63) is 93.3 Å². The largest absolute Gasteiger partial charge is 0.495 e. The van der Waals surface area contributed by atoms with Crippen molar-refractivity contribution < 1.29 is 13.9 Å². The Bertz CT molecular complexity index is 1280. The lowest BCUT2D eigenvalue weighted by Gasteiger charge is -2.13. The summed E-state index contributed by atoms with van der Waals surface area (Å²) in [6.45, 7) is 0. The van der Waals surface area contributed by atoms with E-state index in [1.165, 1.54) is 7.11 Å². The van der Waals surface area contributed by atoms with Gasteiger partial charge in [-0.1, -0.05) is 36.4 Å². The van der Waals surface area contributed by atoms with Crippen LogP contribution in [0.15, 0.2) is 86.5 Å². The summed E-state index contributed by atoms with van der Waals surface area (Å²) >= 11 is 3.38. The number of anilines is 1. The Balaban J connectivity index is 1.76. The second-order valence-corrected chi connectivity index (χ2v) is 7.19. The number of methoxy groups -OCH3 is 1. The molecule has 1 aromatic heterocycles. The molecule has 1 N–H and O–H groups in total. The standard InChI is InChI=1S/C23H16BrNO4/c1-28-21-11-10-14(17-12-15-6-2-5-9-20(15)29-23(17)27)13-19(21)25-22(26)16-7-3-4-8-18(16)24/h2-13H,1H3,(H,25,26). The number of benzene rings is 3. The monoisotopic (exact) mass is 449 g/mol. The number of nitrogens with one attached hydrogen (secondary N) is 1. The van der Waals surface area contributed by atoms with E-state index >= 15 is 0 Å². The number of para-hydroxylation sites is 1. The fraction of sp³-hybridized carbons (Fsp3) is 0.0435. The summed E-state index contributed by atoms with van der Waals surface area (Å²) in [7, 11) is 1.52. The summed E-state index contributed by atoms with van der Waals surface area (Å²) in [5.41, 5.74) is 2.05.